The van der Waals surface area contributed by atoms with Crippen molar-refractivity contribution in [1.82, 2.24) is 4.57 Å². The highest BCUT2D eigenvalue weighted by atomic mass is 28.4. The van der Waals surface area contributed by atoms with Gasteiger partial charge in [-0.3, -0.25) is 4.57 Å². The van der Waals surface area contributed by atoms with E-state index in [9.17, 15) is 5.26 Å². The molecular weight excluding hydrogens is 472 g/mol. The molecule has 196 valence electrons. The van der Waals surface area contributed by atoms with Crippen LogP contribution in [0.25, 0.3) is 0 Å². The Morgan fingerprint density at radius 3 is 2.03 bits per heavy atom. The Balaban J connectivity index is 2.15. The second kappa shape index (κ2) is 10.5. The topological polar surface area (TPSA) is 65.6 Å². The minimum atomic E-state index is -1.92. The molecule has 2 atom stereocenters. The average molecular weight is 519 g/mol. The zero-order chi connectivity index (χ0) is 26.9. The lowest BCUT2D eigenvalue weighted by molar-refractivity contribution is -0.148. The highest BCUT2D eigenvalue weighted by Crippen LogP contribution is 2.38. The standard InChI is InChI=1S/C27H46N2O4Si2/c1-25(2,3)34(9,10)30-19-22-16-15-21(18-28)29(22)17-13-14-23-24(33-27(7,8)32-23)20-31-35(11,12)26(4,5)6/h15-16,23-24H,14,19-20H2,1-12H3/t23-,24+/m0/s1. The van der Waals surface area contributed by atoms with Gasteiger partial charge in [0, 0.05) is 12.5 Å². The fourth-order valence-electron chi connectivity index (χ4n) is 3.24. The normalized spacial score (nSPS) is 20.9. The molecule has 35 heavy (non-hydrogen) atoms. The van der Waals surface area contributed by atoms with E-state index in [0.717, 1.165) is 5.69 Å². The summed E-state index contributed by atoms with van der Waals surface area (Å²) in [6, 6.07) is 9.13. The van der Waals surface area contributed by atoms with E-state index < -0.39 is 22.4 Å². The van der Waals surface area contributed by atoms with Crippen LogP contribution < -0.4 is 0 Å². The van der Waals surface area contributed by atoms with E-state index in [1.165, 1.54) is 0 Å². The van der Waals surface area contributed by atoms with Gasteiger partial charge in [0.05, 0.1) is 18.9 Å². The molecule has 1 saturated heterocycles. The molecule has 2 rings (SSSR count). The zero-order valence-electron chi connectivity index (χ0n) is 24.0. The summed E-state index contributed by atoms with van der Waals surface area (Å²) in [5, 5.41) is 9.84. The molecule has 0 N–H and O–H groups in total. The van der Waals surface area contributed by atoms with Crippen molar-refractivity contribution in [3.8, 4) is 18.0 Å². The van der Waals surface area contributed by atoms with Crippen LogP contribution in [-0.2, 0) is 24.9 Å². The number of rotatable bonds is 7. The fraction of sp³-hybridized carbons (Fsp3) is 0.741. The predicted molar refractivity (Wildman–Crippen MR) is 146 cm³/mol. The lowest BCUT2D eigenvalue weighted by Gasteiger charge is -2.37. The predicted octanol–water partition coefficient (Wildman–Crippen LogP) is 6.62. The SMILES string of the molecule is CC1(C)O[C@@H](CC#Cn2c(C#N)ccc2CO[Si](C)(C)C(C)(C)C)[C@@H](CO[Si](C)(C)C(C)(C)C)O1. The summed E-state index contributed by atoms with van der Waals surface area (Å²) in [6.45, 7) is 27.1. The van der Waals surface area contributed by atoms with Crippen molar-refractivity contribution in [2.45, 2.75) is 123 Å². The number of ether oxygens (including phenoxy) is 2. The van der Waals surface area contributed by atoms with Gasteiger partial charge in [-0.1, -0.05) is 47.5 Å². The smallest absolute Gasteiger partial charge is 0.192 e. The fourth-order valence-corrected chi connectivity index (χ4v) is 5.19. The van der Waals surface area contributed by atoms with E-state index in [2.05, 4.69) is 85.8 Å². The van der Waals surface area contributed by atoms with Crippen molar-refractivity contribution in [3.05, 3.63) is 23.5 Å². The van der Waals surface area contributed by atoms with Gasteiger partial charge < -0.3 is 18.3 Å². The van der Waals surface area contributed by atoms with Crippen LogP contribution in [0.2, 0.25) is 36.3 Å². The molecule has 0 unspecified atom stereocenters. The van der Waals surface area contributed by atoms with E-state index in [1.54, 1.807) is 10.6 Å². The second-order valence-corrected chi connectivity index (χ2v) is 22.6. The van der Waals surface area contributed by atoms with Crippen LogP contribution in [0.1, 0.15) is 73.2 Å². The van der Waals surface area contributed by atoms with Crippen LogP contribution in [0.3, 0.4) is 0 Å². The highest BCUT2D eigenvalue weighted by Gasteiger charge is 2.44. The molecule has 0 bridgehead atoms. The maximum absolute atomic E-state index is 9.59. The first-order valence-electron chi connectivity index (χ1n) is 12.5. The Labute approximate surface area is 215 Å². The molecule has 1 aliphatic heterocycles. The van der Waals surface area contributed by atoms with Crippen molar-refractivity contribution >= 4 is 16.6 Å². The number of nitriles is 1. The number of hydrogen-bond acceptors (Lipinski definition) is 5. The van der Waals surface area contributed by atoms with E-state index in [-0.39, 0.29) is 22.3 Å². The van der Waals surface area contributed by atoms with E-state index >= 15 is 0 Å². The number of hydrogen-bond donors (Lipinski definition) is 0. The lowest BCUT2D eigenvalue weighted by Crippen LogP contribution is -2.44. The largest absolute Gasteiger partial charge is 0.414 e. The molecule has 1 aromatic rings. The number of aromatic nitrogens is 1. The molecule has 0 aliphatic carbocycles. The summed E-state index contributed by atoms with van der Waals surface area (Å²) >= 11 is 0. The summed E-state index contributed by atoms with van der Waals surface area (Å²) < 4.78 is 26.9. The first kappa shape index (κ1) is 29.8. The van der Waals surface area contributed by atoms with Crippen molar-refractivity contribution in [2.24, 2.45) is 0 Å². The van der Waals surface area contributed by atoms with Gasteiger partial charge in [0.1, 0.15) is 24.0 Å². The maximum atomic E-state index is 9.59. The Hall–Kier alpha value is -1.40. The Kier molecular flexibility index (Phi) is 8.98. The van der Waals surface area contributed by atoms with Crippen molar-refractivity contribution in [3.63, 3.8) is 0 Å². The zero-order valence-corrected chi connectivity index (χ0v) is 26.0. The summed E-state index contributed by atoms with van der Waals surface area (Å²) in [7, 11) is -3.82. The van der Waals surface area contributed by atoms with Gasteiger partial charge in [0.2, 0.25) is 0 Å². The van der Waals surface area contributed by atoms with Gasteiger partial charge in [0.15, 0.2) is 22.4 Å². The van der Waals surface area contributed by atoms with E-state index in [4.69, 9.17) is 18.3 Å². The Morgan fingerprint density at radius 2 is 1.49 bits per heavy atom. The highest BCUT2D eigenvalue weighted by molar-refractivity contribution is 6.74. The maximum Gasteiger partial charge on any atom is 0.192 e. The molecule has 1 aliphatic rings. The summed E-state index contributed by atoms with van der Waals surface area (Å²) in [6.07, 6.45) is 0.103. The van der Waals surface area contributed by atoms with Gasteiger partial charge in [-0.2, -0.15) is 5.26 Å². The summed E-state index contributed by atoms with van der Waals surface area (Å²) in [4.78, 5) is 0. The molecular formula is C27H46N2O4Si2. The molecule has 0 spiro atoms. The Bertz CT molecular complexity index is 982. The van der Waals surface area contributed by atoms with Crippen LogP contribution in [0.4, 0.5) is 0 Å². The summed E-state index contributed by atoms with van der Waals surface area (Å²) in [5.74, 6) is 2.56. The quantitative estimate of drug-likeness (QED) is 0.300. The van der Waals surface area contributed by atoms with Crippen molar-refractivity contribution in [1.29, 1.82) is 5.26 Å². The molecule has 8 heteroatoms. The molecule has 1 fully saturated rings. The van der Waals surface area contributed by atoms with Crippen LogP contribution in [0.5, 0.6) is 0 Å². The lowest BCUT2D eigenvalue weighted by atomic mass is 10.1. The third-order valence-corrected chi connectivity index (χ3v) is 16.6. The van der Waals surface area contributed by atoms with Gasteiger partial charge in [0.25, 0.3) is 0 Å². The third kappa shape index (κ3) is 7.55. The average Bonchev–Trinajstić information content (AvgIpc) is 3.22. The van der Waals surface area contributed by atoms with Gasteiger partial charge >= 0.3 is 0 Å². The van der Waals surface area contributed by atoms with Gasteiger partial charge in [-0.05, 0) is 62.2 Å². The van der Waals surface area contributed by atoms with Crippen LogP contribution in [-0.4, -0.2) is 45.8 Å². The van der Waals surface area contributed by atoms with E-state index in [1.807, 2.05) is 19.9 Å². The molecule has 2 heterocycles. The van der Waals surface area contributed by atoms with Crippen LogP contribution in [0.15, 0.2) is 12.1 Å². The molecule has 0 amide bonds. The monoisotopic (exact) mass is 518 g/mol. The van der Waals surface area contributed by atoms with Gasteiger partial charge in [-0.25, -0.2) is 0 Å². The first-order chi connectivity index (χ1) is 15.8. The molecule has 0 aromatic carbocycles. The van der Waals surface area contributed by atoms with Crippen molar-refractivity contribution in [2.75, 3.05) is 6.61 Å². The second-order valence-electron chi connectivity index (χ2n) is 13.0. The first-order valence-corrected chi connectivity index (χ1v) is 18.3. The van der Waals surface area contributed by atoms with Crippen molar-refractivity contribution < 1.29 is 18.3 Å². The molecule has 0 saturated carbocycles. The minimum absolute atomic E-state index is 0.113. The third-order valence-electron chi connectivity index (χ3n) is 7.66. The Morgan fingerprint density at radius 1 is 0.943 bits per heavy atom. The molecule has 1 aromatic heterocycles. The number of nitrogens with zero attached hydrogens (tertiary/aromatic N) is 2. The molecule has 0 radical (unpaired) electrons. The van der Waals surface area contributed by atoms with Gasteiger partial charge in [-0.15, -0.1) is 0 Å². The van der Waals surface area contributed by atoms with Crippen LogP contribution in [0, 0.1) is 23.3 Å². The van der Waals surface area contributed by atoms with E-state index in [0.29, 0.717) is 25.3 Å². The summed E-state index contributed by atoms with van der Waals surface area (Å²) in [5.41, 5.74) is 1.40. The minimum Gasteiger partial charge on any atom is -0.414 e. The molecule has 6 nitrogen and oxygen atoms in total. The van der Waals surface area contributed by atoms with Crippen LogP contribution >= 0.6 is 0 Å².